The van der Waals surface area contributed by atoms with Crippen molar-refractivity contribution in [2.24, 2.45) is 5.16 Å². The van der Waals surface area contributed by atoms with Gasteiger partial charge < -0.3 is 15.5 Å². The third kappa shape index (κ3) is 4.85. The summed E-state index contributed by atoms with van der Waals surface area (Å²) in [4.78, 5) is 31.4. The number of hydrogen-bond acceptors (Lipinski definition) is 6. The van der Waals surface area contributed by atoms with Gasteiger partial charge in [0.1, 0.15) is 18.6 Å². The molecule has 2 amide bonds. The van der Waals surface area contributed by atoms with Gasteiger partial charge in [-0.15, -0.1) is 11.3 Å². The molecule has 2 rings (SSSR count). The molecule has 0 aliphatic carbocycles. The number of halogens is 1. The van der Waals surface area contributed by atoms with Gasteiger partial charge in [0.05, 0.1) is 0 Å². The van der Waals surface area contributed by atoms with Crippen LogP contribution in [-0.4, -0.2) is 36.7 Å². The molecule has 0 saturated heterocycles. The van der Waals surface area contributed by atoms with Crippen LogP contribution in [0.2, 0.25) is 0 Å². The van der Waals surface area contributed by atoms with E-state index in [1.165, 1.54) is 19.2 Å². The van der Waals surface area contributed by atoms with Crippen molar-refractivity contribution in [3.05, 3.63) is 46.7 Å². The third-order valence-electron chi connectivity index (χ3n) is 2.92. The Balaban J connectivity index is 1.98. The van der Waals surface area contributed by atoms with E-state index in [4.69, 9.17) is 0 Å². The second-order valence-corrected chi connectivity index (χ2v) is 5.42. The number of carbonyl (C=O) groups is 2. The molecule has 0 aliphatic heterocycles. The smallest absolute Gasteiger partial charge is 0.275 e. The highest BCUT2D eigenvalue weighted by Gasteiger charge is 2.18. The summed E-state index contributed by atoms with van der Waals surface area (Å²) in [6.07, 6.45) is 0.966. The molecule has 0 spiro atoms. The van der Waals surface area contributed by atoms with Crippen molar-refractivity contribution in [1.82, 2.24) is 10.3 Å². The summed E-state index contributed by atoms with van der Waals surface area (Å²) in [5, 5.41) is 10.7. The van der Waals surface area contributed by atoms with Gasteiger partial charge >= 0.3 is 0 Å². The molecule has 0 unspecified atom stereocenters. The lowest BCUT2D eigenvalue weighted by Crippen LogP contribution is -2.33. The van der Waals surface area contributed by atoms with E-state index in [0.717, 1.165) is 16.9 Å². The van der Waals surface area contributed by atoms with Gasteiger partial charge in [0, 0.05) is 11.9 Å². The molecule has 0 radical (unpaired) electrons. The summed E-state index contributed by atoms with van der Waals surface area (Å²) in [6.45, 7) is 0.300. The number of amides is 2. The summed E-state index contributed by atoms with van der Waals surface area (Å²) in [5.74, 6) is -0.797. The highest BCUT2D eigenvalue weighted by Crippen LogP contribution is 2.15. The van der Waals surface area contributed by atoms with Crippen LogP contribution in [0.25, 0.3) is 0 Å². The first-order valence-corrected chi connectivity index (χ1v) is 7.82. The van der Waals surface area contributed by atoms with Crippen LogP contribution >= 0.6 is 11.3 Å². The highest BCUT2D eigenvalue weighted by molar-refractivity contribution is 7.14. The number of rotatable bonds is 8. The molecule has 24 heavy (non-hydrogen) atoms. The molecule has 0 fully saturated rings. The molecule has 0 atom stereocenters. The van der Waals surface area contributed by atoms with E-state index in [1.54, 1.807) is 17.5 Å². The average molecular weight is 350 g/mol. The quantitative estimate of drug-likeness (QED) is 0.429. The minimum atomic E-state index is -0.476. The van der Waals surface area contributed by atoms with Crippen molar-refractivity contribution in [3.63, 3.8) is 0 Å². The summed E-state index contributed by atoms with van der Waals surface area (Å²) in [7, 11) is 1.32. The fourth-order valence-corrected chi connectivity index (χ4v) is 2.55. The first kappa shape index (κ1) is 17.5. The number of nitrogens with one attached hydrogen (secondary N) is 2. The van der Waals surface area contributed by atoms with Crippen molar-refractivity contribution in [3.8, 4) is 0 Å². The van der Waals surface area contributed by atoms with E-state index in [0.29, 0.717) is 24.5 Å². The van der Waals surface area contributed by atoms with Crippen LogP contribution in [0.15, 0.2) is 34.8 Å². The number of thiazole rings is 1. The Kier molecular flexibility index (Phi) is 6.38. The SMILES string of the molecule is CO/N=C(/C(=O)NCCc1cccc(F)c1)c1csc(NC=O)n1. The van der Waals surface area contributed by atoms with Crippen LogP contribution < -0.4 is 10.6 Å². The van der Waals surface area contributed by atoms with Gasteiger partial charge in [-0.05, 0) is 24.1 Å². The standard InChI is InChI=1S/C15H15FN4O3S/c1-23-20-13(12-8-24-15(19-12)18-9-21)14(22)17-6-5-10-3-2-4-11(16)7-10/h2-4,7-9H,5-6H2,1H3,(H,17,22)(H,18,19,21)/b20-13+. The Morgan fingerprint density at radius 2 is 2.33 bits per heavy atom. The summed E-state index contributed by atoms with van der Waals surface area (Å²) >= 11 is 1.16. The molecule has 1 aromatic carbocycles. The second kappa shape index (κ2) is 8.73. The molecular formula is C15H15FN4O3S. The third-order valence-corrected chi connectivity index (χ3v) is 3.69. The maximum atomic E-state index is 13.1. The minimum absolute atomic E-state index is 0.00746. The number of oxime groups is 1. The van der Waals surface area contributed by atoms with Crippen molar-refractivity contribution in [2.75, 3.05) is 19.0 Å². The number of nitrogens with zero attached hydrogens (tertiary/aromatic N) is 2. The fourth-order valence-electron chi connectivity index (χ4n) is 1.89. The molecule has 0 bridgehead atoms. The van der Waals surface area contributed by atoms with Crippen molar-refractivity contribution in [1.29, 1.82) is 0 Å². The summed E-state index contributed by atoms with van der Waals surface area (Å²) in [6, 6.07) is 6.16. The Labute approximate surface area is 141 Å². The van der Waals surface area contributed by atoms with Gasteiger partial charge in [0.2, 0.25) is 6.41 Å². The zero-order chi connectivity index (χ0) is 17.4. The van der Waals surface area contributed by atoms with E-state index < -0.39 is 5.91 Å². The van der Waals surface area contributed by atoms with Crippen molar-refractivity contribution < 1.29 is 18.8 Å². The molecule has 1 heterocycles. The molecule has 7 nitrogen and oxygen atoms in total. The lowest BCUT2D eigenvalue weighted by Gasteiger charge is -2.06. The maximum Gasteiger partial charge on any atom is 0.275 e. The molecule has 126 valence electrons. The van der Waals surface area contributed by atoms with Crippen LogP contribution in [0.4, 0.5) is 9.52 Å². The second-order valence-electron chi connectivity index (χ2n) is 4.56. The zero-order valence-corrected chi connectivity index (χ0v) is 13.6. The predicted octanol–water partition coefficient (Wildman–Crippen LogP) is 1.56. The van der Waals surface area contributed by atoms with Crippen LogP contribution in [0, 0.1) is 5.82 Å². The van der Waals surface area contributed by atoms with Gasteiger partial charge in [-0.1, -0.05) is 17.3 Å². The van der Waals surface area contributed by atoms with E-state index in [9.17, 15) is 14.0 Å². The van der Waals surface area contributed by atoms with Crippen molar-refractivity contribution in [2.45, 2.75) is 6.42 Å². The molecule has 0 saturated carbocycles. The molecule has 2 N–H and O–H groups in total. The fraction of sp³-hybridized carbons (Fsp3) is 0.200. The van der Waals surface area contributed by atoms with Gasteiger partial charge in [-0.2, -0.15) is 0 Å². The molecule has 2 aromatic rings. The van der Waals surface area contributed by atoms with E-state index in [-0.39, 0.29) is 17.2 Å². The van der Waals surface area contributed by atoms with Gasteiger partial charge in [0.15, 0.2) is 10.8 Å². The molecule has 9 heteroatoms. The number of benzene rings is 1. The Morgan fingerprint density at radius 3 is 3.04 bits per heavy atom. The van der Waals surface area contributed by atoms with E-state index >= 15 is 0 Å². The monoisotopic (exact) mass is 350 g/mol. The van der Waals surface area contributed by atoms with E-state index in [1.807, 2.05) is 0 Å². The highest BCUT2D eigenvalue weighted by atomic mass is 32.1. The van der Waals surface area contributed by atoms with Crippen LogP contribution in [0.3, 0.4) is 0 Å². The van der Waals surface area contributed by atoms with Gasteiger partial charge in [-0.3, -0.25) is 9.59 Å². The average Bonchev–Trinajstić information content (AvgIpc) is 3.01. The van der Waals surface area contributed by atoms with Gasteiger partial charge in [0.25, 0.3) is 5.91 Å². The first-order chi connectivity index (χ1) is 11.6. The lowest BCUT2D eigenvalue weighted by atomic mass is 10.1. The Morgan fingerprint density at radius 1 is 1.50 bits per heavy atom. The number of hydrogen-bond donors (Lipinski definition) is 2. The largest absolute Gasteiger partial charge is 0.398 e. The Bertz CT molecular complexity index is 748. The van der Waals surface area contributed by atoms with Gasteiger partial charge in [-0.25, -0.2) is 9.37 Å². The summed E-state index contributed by atoms with van der Waals surface area (Å²) in [5.41, 5.74) is 1.05. The van der Waals surface area contributed by atoms with Crippen LogP contribution in [-0.2, 0) is 20.8 Å². The lowest BCUT2D eigenvalue weighted by molar-refractivity contribution is -0.114. The summed E-state index contributed by atoms with van der Waals surface area (Å²) < 4.78 is 13.1. The molecular weight excluding hydrogens is 335 g/mol. The predicted molar refractivity (Wildman–Crippen MR) is 88.5 cm³/mol. The maximum absolute atomic E-state index is 13.1. The Hall–Kier alpha value is -2.81. The molecule has 1 aromatic heterocycles. The van der Waals surface area contributed by atoms with Crippen LogP contribution in [0.5, 0.6) is 0 Å². The minimum Gasteiger partial charge on any atom is -0.398 e. The first-order valence-electron chi connectivity index (χ1n) is 6.94. The topological polar surface area (TPSA) is 92.7 Å². The molecule has 0 aliphatic rings. The van der Waals surface area contributed by atoms with E-state index in [2.05, 4.69) is 25.6 Å². The number of anilines is 1. The van der Waals surface area contributed by atoms with Crippen LogP contribution in [0.1, 0.15) is 11.3 Å². The van der Waals surface area contributed by atoms with Crippen molar-refractivity contribution >= 4 is 34.5 Å². The normalized spacial score (nSPS) is 11.0. The number of aromatic nitrogens is 1. The number of carbonyl (C=O) groups excluding carboxylic acids is 2. The zero-order valence-electron chi connectivity index (χ0n) is 12.8.